The highest BCUT2D eigenvalue weighted by Gasteiger charge is 2.07. The molecule has 0 radical (unpaired) electrons. The Morgan fingerprint density at radius 3 is 2.93 bits per heavy atom. The number of hydrogen-bond acceptors (Lipinski definition) is 6. The van der Waals surface area contributed by atoms with Crippen molar-refractivity contribution in [1.82, 2.24) is 14.3 Å². The number of hydrogen-bond donors (Lipinski definition) is 2. The van der Waals surface area contributed by atoms with Gasteiger partial charge in [0.15, 0.2) is 0 Å². The molecule has 1 heterocycles. The van der Waals surface area contributed by atoms with Gasteiger partial charge in [-0.1, -0.05) is 0 Å². The molecule has 3 N–H and O–H groups in total. The molecule has 0 aliphatic heterocycles. The highest BCUT2D eigenvalue weighted by Crippen LogP contribution is 2.10. The summed E-state index contributed by atoms with van der Waals surface area (Å²) in [7, 11) is 1.75. The van der Waals surface area contributed by atoms with Crippen molar-refractivity contribution in [2.75, 3.05) is 31.2 Å². The summed E-state index contributed by atoms with van der Waals surface area (Å²) in [6.07, 6.45) is 0. The van der Waals surface area contributed by atoms with Crippen molar-refractivity contribution in [3.05, 3.63) is 0 Å². The molecule has 0 bridgehead atoms. The fraction of sp³-hybridized carbons (Fsp3) is 0.571. The molecule has 0 unspecified atom stereocenters. The van der Waals surface area contributed by atoms with E-state index in [2.05, 4.69) is 14.7 Å². The molecule has 1 aromatic rings. The minimum atomic E-state index is 0.0151. The Morgan fingerprint density at radius 1 is 1.71 bits per heavy atom. The maximum absolute atomic E-state index is 11.3. The first-order chi connectivity index (χ1) is 6.63. The van der Waals surface area contributed by atoms with E-state index >= 15 is 0 Å². The van der Waals surface area contributed by atoms with Crippen LogP contribution in [0.2, 0.25) is 0 Å². The molecule has 1 amide bonds. The molecule has 0 aromatic carbocycles. The monoisotopic (exact) mass is 215 g/mol. The zero-order valence-corrected chi connectivity index (χ0v) is 8.97. The fourth-order valence-electron chi connectivity index (χ4n) is 0.769. The van der Waals surface area contributed by atoms with E-state index in [-0.39, 0.29) is 18.4 Å². The summed E-state index contributed by atoms with van der Waals surface area (Å²) >= 11 is 1.14. The van der Waals surface area contributed by atoms with E-state index in [0.717, 1.165) is 11.5 Å². The number of nitrogens with zero attached hydrogens (tertiary/aromatic N) is 3. The lowest BCUT2D eigenvalue weighted by atomic mass is 10.5. The number of anilines is 2. The summed E-state index contributed by atoms with van der Waals surface area (Å²) in [6.45, 7) is 2.83. The molecule has 1 aromatic heterocycles. The zero-order valence-electron chi connectivity index (χ0n) is 8.15. The first kappa shape index (κ1) is 10.7. The van der Waals surface area contributed by atoms with Gasteiger partial charge in [0.25, 0.3) is 0 Å². The molecule has 0 spiro atoms. The number of nitrogen functional groups attached to an aromatic ring is 1. The SMILES string of the molecule is CCN(C)C(=O)CNc1nc(N)ns1. The number of aromatic nitrogens is 2. The predicted octanol–water partition coefficient (Wildman–Crippen LogP) is 0.0105. The van der Waals surface area contributed by atoms with Crippen molar-refractivity contribution < 1.29 is 4.79 Å². The van der Waals surface area contributed by atoms with E-state index in [1.807, 2.05) is 6.92 Å². The van der Waals surface area contributed by atoms with Gasteiger partial charge in [-0.2, -0.15) is 9.36 Å². The van der Waals surface area contributed by atoms with Gasteiger partial charge in [-0.3, -0.25) is 4.79 Å². The van der Waals surface area contributed by atoms with Crippen molar-refractivity contribution in [2.24, 2.45) is 0 Å². The number of nitrogens with two attached hydrogens (primary N) is 1. The van der Waals surface area contributed by atoms with Gasteiger partial charge in [0.1, 0.15) is 0 Å². The molecule has 7 heteroatoms. The summed E-state index contributed by atoms with van der Waals surface area (Å²) in [6, 6.07) is 0. The molecule has 0 saturated carbocycles. The smallest absolute Gasteiger partial charge is 0.241 e. The van der Waals surface area contributed by atoms with E-state index < -0.39 is 0 Å². The number of carbonyl (C=O) groups excluding carboxylic acids is 1. The normalized spacial score (nSPS) is 9.86. The van der Waals surface area contributed by atoms with Crippen LogP contribution in [-0.2, 0) is 4.79 Å². The molecule has 0 aliphatic rings. The van der Waals surface area contributed by atoms with Crippen molar-refractivity contribution in [3.63, 3.8) is 0 Å². The number of nitrogens with one attached hydrogen (secondary N) is 1. The summed E-state index contributed by atoms with van der Waals surface area (Å²) in [5, 5.41) is 3.42. The third kappa shape index (κ3) is 2.84. The standard InChI is InChI=1S/C7H13N5OS/c1-3-12(2)5(13)4-9-7-10-6(8)11-14-7/h3-4H2,1-2H3,(H3,8,9,10,11). The van der Waals surface area contributed by atoms with Crippen LogP contribution in [0.4, 0.5) is 11.1 Å². The maximum atomic E-state index is 11.3. The van der Waals surface area contributed by atoms with Gasteiger partial charge in [-0.15, -0.1) is 0 Å². The van der Waals surface area contributed by atoms with Crippen LogP contribution in [0.25, 0.3) is 0 Å². The van der Waals surface area contributed by atoms with E-state index in [1.54, 1.807) is 11.9 Å². The molecule has 0 aliphatic carbocycles. The second-order valence-corrected chi connectivity index (χ2v) is 3.47. The highest BCUT2D eigenvalue weighted by atomic mass is 32.1. The van der Waals surface area contributed by atoms with Crippen molar-refractivity contribution in [2.45, 2.75) is 6.92 Å². The molecule has 6 nitrogen and oxygen atoms in total. The fourth-order valence-corrected chi connectivity index (χ4v) is 1.26. The molecule has 0 fully saturated rings. The average molecular weight is 215 g/mol. The van der Waals surface area contributed by atoms with Crippen LogP contribution in [0.5, 0.6) is 0 Å². The minimum absolute atomic E-state index is 0.0151. The molecular formula is C7H13N5OS. The minimum Gasteiger partial charge on any atom is -0.367 e. The van der Waals surface area contributed by atoms with Gasteiger partial charge in [0.2, 0.25) is 17.0 Å². The lowest BCUT2D eigenvalue weighted by Crippen LogP contribution is -2.31. The molecule has 1 rings (SSSR count). The van der Waals surface area contributed by atoms with Gasteiger partial charge >= 0.3 is 0 Å². The number of rotatable bonds is 4. The largest absolute Gasteiger partial charge is 0.367 e. The second-order valence-electron chi connectivity index (χ2n) is 2.72. The average Bonchev–Trinajstić information content (AvgIpc) is 2.59. The first-order valence-corrected chi connectivity index (χ1v) is 4.97. The molecule has 0 saturated heterocycles. The van der Waals surface area contributed by atoms with Crippen molar-refractivity contribution >= 4 is 28.5 Å². The Balaban J connectivity index is 2.37. The van der Waals surface area contributed by atoms with Gasteiger partial charge in [-0.25, -0.2) is 0 Å². The third-order valence-corrected chi connectivity index (χ3v) is 2.42. The third-order valence-electron chi connectivity index (χ3n) is 1.73. The van der Waals surface area contributed by atoms with E-state index in [1.165, 1.54) is 0 Å². The van der Waals surface area contributed by atoms with Crippen LogP contribution >= 0.6 is 11.5 Å². The van der Waals surface area contributed by atoms with E-state index in [4.69, 9.17) is 5.73 Å². The lowest BCUT2D eigenvalue weighted by Gasteiger charge is -2.13. The Labute approximate surface area is 86.3 Å². The number of carbonyl (C=O) groups is 1. The van der Waals surface area contributed by atoms with Crippen LogP contribution < -0.4 is 11.1 Å². The summed E-state index contributed by atoms with van der Waals surface area (Å²) in [5.74, 6) is 0.245. The quantitative estimate of drug-likeness (QED) is 0.739. The van der Waals surface area contributed by atoms with Gasteiger partial charge < -0.3 is 16.0 Å². The molecule has 0 atom stereocenters. The van der Waals surface area contributed by atoms with Crippen LogP contribution in [0.15, 0.2) is 0 Å². The molecule has 14 heavy (non-hydrogen) atoms. The first-order valence-electron chi connectivity index (χ1n) is 4.20. The van der Waals surface area contributed by atoms with E-state index in [0.29, 0.717) is 11.7 Å². The number of likely N-dealkylation sites (N-methyl/N-ethyl adjacent to an activating group) is 1. The summed E-state index contributed by atoms with van der Waals surface area (Å²) in [5.41, 5.74) is 5.32. The van der Waals surface area contributed by atoms with Gasteiger partial charge in [0.05, 0.1) is 6.54 Å². The lowest BCUT2D eigenvalue weighted by molar-refractivity contribution is -0.127. The Kier molecular flexibility index (Phi) is 3.63. The van der Waals surface area contributed by atoms with E-state index in [9.17, 15) is 4.79 Å². The highest BCUT2D eigenvalue weighted by molar-refractivity contribution is 7.09. The van der Waals surface area contributed by atoms with Gasteiger partial charge in [0, 0.05) is 25.1 Å². The second kappa shape index (κ2) is 4.75. The number of amides is 1. The van der Waals surface area contributed by atoms with Gasteiger partial charge in [-0.05, 0) is 6.92 Å². The predicted molar refractivity (Wildman–Crippen MR) is 56.1 cm³/mol. The van der Waals surface area contributed by atoms with Crippen LogP contribution in [0.3, 0.4) is 0 Å². The zero-order chi connectivity index (χ0) is 10.6. The summed E-state index contributed by atoms with van der Waals surface area (Å²) in [4.78, 5) is 16.8. The maximum Gasteiger partial charge on any atom is 0.241 e. The van der Waals surface area contributed by atoms with Crippen LogP contribution in [0.1, 0.15) is 6.92 Å². The molecule has 78 valence electrons. The van der Waals surface area contributed by atoms with Crippen LogP contribution in [-0.4, -0.2) is 40.3 Å². The topological polar surface area (TPSA) is 84.1 Å². The Morgan fingerprint density at radius 2 is 2.43 bits per heavy atom. The summed E-state index contributed by atoms with van der Waals surface area (Å²) < 4.78 is 3.78. The van der Waals surface area contributed by atoms with Crippen molar-refractivity contribution in [1.29, 1.82) is 0 Å². The van der Waals surface area contributed by atoms with Crippen LogP contribution in [0, 0.1) is 0 Å². The molecular weight excluding hydrogens is 202 g/mol. The van der Waals surface area contributed by atoms with Crippen molar-refractivity contribution in [3.8, 4) is 0 Å². The Hall–Kier alpha value is -1.37. The Bertz CT molecular complexity index is 313.